The van der Waals surface area contributed by atoms with Crippen LogP contribution in [-0.2, 0) is 0 Å². The normalized spacial score (nSPS) is 10.4. The average molecular weight is 386 g/mol. The Balaban J connectivity index is 1.45. The van der Waals surface area contributed by atoms with E-state index in [9.17, 15) is 4.79 Å². The first-order valence-corrected chi connectivity index (χ1v) is 8.26. The third-order valence-electron chi connectivity index (χ3n) is 3.34. The van der Waals surface area contributed by atoms with Crippen molar-refractivity contribution in [1.82, 2.24) is 20.1 Å². The Bertz CT molecular complexity index is 785. The largest absolute Gasteiger partial charge is 0.367 e. The molecule has 0 aliphatic rings. The van der Waals surface area contributed by atoms with E-state index in [0.29, 0.717) is 24.5 Å². The summed E-state index contributed by atoms with van der Waals surface area (Å²) in [4.78, 5) is 12.0. The molecule has 1 amide bonds. The highest BCUT2D eigenvalue weighted by atomic mass is 79.9. The molecule has 0 aliphatic heterocycles. The Labute approximate surface area is 148 Å². The zero-order valence-corrected chi connectivity index (χ0v) is 14.4. The molecular formula is C17H16BrN5O. The maximum atomic E-state index is 12.0. The van der Waals surface area contributed by atoms with Crippen LogP contribution in [0.4, 0.5) is 5.82 Å². The molecule has 0 radical (unpaired) electrons. The lowest BCUT2D eigenvalue weighted by Crippen LogP contribution is -2.28. The van der Waals surface area contributed by atoms with Gasteiger partial charge in [-0.05, 0) is 48.5 Å². The number of hydrogen-bond donors (Lipinski definition) is 2. The smallest absolute Gasteiger partial charge is 0.251 e. The Morgan fingerprint density at radius 3 is 2.42 bits per heavy atom. The van der Waals surface area contributed by atoms with Crippen LogP contribution >= 0.6 is 15.9 Å². The molecule has 0 saturated carbocycles. The van der Waals surface area contributed by atoms with Crippen molar-refractivity contribution in [3.8, 4) is 5.82 Å². The van der Waals surface area contributed by atoms with Crippen molar-refractivity contribution in [3.63, 3.8) is 0 Å². The first-order valence-electron chi connectivity index (χ1n) is 7.47. The van der Waals surface area contributed by atoms with Crippen LogP contribution in [-0.4, -0.2) is 33.8 Å². The Morgan fingerprint density at radius 1 is 1.00 bits per heavy atom. The second-order valence-corrected chi connectivity index (χ2v) is 5.97. The highest BCUT2D eigenvalue weighted by molar-refractivity contribution is 9.10. The summed E-state index contributed by atoms with van der Waals surface area (Å²) in [5.74, 6) is 1.33. The topological polar surface area (TPSA) is 71.8 Å². The molecule has 0 bridgehead atoms. The summed E-state index contributed by atoms with van der Waals surface area (Å²) in [6, 6.07) is 14.8. The molecule has 1 aromatic carbocycles. The Hall–Kier alpha value is -2.67. The molecule has 0 fully saturated rings. The standard InChI is InChI=1S/C17H16BrN5O/c18-14-5-3-13(4-6-14)17(24)20-10-9-19-15-7-8-16(22-21-15)23-11-1-2-12-23/h1-8,11-12H,9-10H2,(H,19,21)(H,20,24). The van der Waals surface area contributed by atoms with E-state index >= 15 is 0 Å². The van der Waals surface area contributed by atoms with E-state index in [-0.39, 0.29) is 5.91 Å². The lowest BCUT2D eigenvalue weighted by molar-refractivity contribution is 0.0955. The van der Waals surface area contributed by atoms with Crippen LogP contribution in [0.5, 0.6) is 0 Å². The van der Waals surface area contributed by atoms with Crippen LogP contribution in [0.3, 0.4) is 0 Å². The Morgan fingerprint density at radius 2 is 1.75 bits per heavy atom. The molecule has 24 heavy (non-hydrogen) atoms. The second kappa shape index (κ2) is 7.74. The van der Waals surface area contributed by atoms with Gasteiger partial charge in [-0.2, -0.15) is 0 Å². The van der Waals surface area contributed by atoms with Gasteiger partial charge in [-0.25, -0.2) is 0 Å². The van der Waals surface area contributed by atoms with Gasteiger partial charge in [-0.3, -0.25) is 4.79 Å². The quantitative estimate of drug-likeness (QED) is 0.639. The molecule has 0 aliphatic carbocycles. The zero-order valence-electron chi connectivity index (χ0n) is 12.8. The predicted octanol–water partition coefficient (Wildman–Crippen LogP) is 2.87. The number of halogens is 1. The number of aromatic nitrogens is 3. The fraction of sp³-hybridized carbons (Fsp3) is 0.118. The number of hydrogen-bond acceptors (Lipinski definition) is 4. The number of anilines is 1. The van der Waals surface area contributed by atoms with Gasteiger partial charge < -0.3 is 15.2 Å². The van der Waals surface area contributed by atoms with Crippen molar-refractivity contribution < 1.29 is 4.79 Å². The molecule has 3 rings (SSSR count). The summed E-state index contributed by atoms with van der Waals surface area (Å²) >= 11 is 3.35. The lowest BCUT2D eigenvalue weighted by Gasteiger charge is -2.08. The second-order valence-electron chi connectivity index (χ2n) is 5.06. The first-order chi connectivity index (χ1) is 11.7. The lowest BCUT2D eigenvalue weighted by atomic mass is 10.2. The first kappa shape index (κ1) is 16.2. The Kier molecular flexibility index (Phi) is 5.22. The van der Waals surface area contributed by atoms with Gasteiger partial charge in [0, 0.05) is 35.5 Å². The minimum Gasteiger partial charge on any atom is -0.367 e. The highest BCUT2D eigenvalue weighted by Crippen LogP contribution is 2.10. The monoisotopic (exact) mass is 385 g/mol. The van der Waals surface area contributed by atoms with Crippen LogP contribution in [0.2, 0.25) is 0 Å². The summed E-state index contributed by atoms with van der Waals surface area (Å²) in [7, 11) is 0. The molecule has 0 spiro atoms. The fourth-order valence-electron chi connectivity index (χ4n) is 2.11. The SMILES string of the molecule is O=C(NCCNc1ccc(-n2cccc2)nn1)c1ccc(Br)cc1. The maximum Gasteiger partial charge on any atom is 0.251 e. The zero-order chi connectivity index (χ0) is 16.8. The molecule has 122 valence electrons. The molecule has 2 aromatic heterocycles. The van der Waals surface area contributed by atoms with Crippen molar-refractivity contribution in [1.29, 1.82) is 0 Å². The van der Waals surface area contributed by atoms with Crippen molar-refractivity contribution in [2.75, 3.05) is 18.4 Å². The number of rotatable bonds is 6. The molecule has 6 nitrogen and oxygen atoms in total. The predicted molar refractivity (Wildman–Crippen MR) is 96.3 cm³/mol. The molecule has 2 heterocycles. The molecule has 0 saturated heterocycles. The number of carbonyl (C=O) groups is 1. The molecule has 7 heteroatoms. The number of amides is 1. The van der Waals surface area contributed by atoms with E-state index in [1.807, 2.05) is 53.4 Å². The van der Waals surface area contributed by atoms with Crippen LogP contribution in [0, 0.1) is 0 Å². The summed E-state index contributed by atoms with van der Waals surface area (Å²) in [5, 5.41) is 14.3. The molecule has 3 aromatic rings. The minimum atomic E-state index is -0.0988. The summed E-state index contributed by atoms with van der Waals surface area (Å²) in [6.45, 7) is 1.07. The van der Waals surface area contributed by atoms with Gasteiger partial charge in [0.15, 0.2) is 5.82 Å². The summed E-state index contributed by atoms with van der Waals surface area (Å²) in [6.07, 6.45) is 3.82. The van der Waals surface area contributed by atoms with E-state index in [4.69, 9.17) is 0 Å². The van der Waals surface area contributed by atoms with E-state index in [2.05, 4.69) is 36.8 Å². The fourth-order valence-corrected chi connectivity index (χ4v) is 2.38. The van der Waals surface area contributed by atoms with E-state index in [0.717, 1.165) is 10.3 Å². The number of nitrogens with zero attached hydrogens (tertiary/aromatic N) is 3. The van der Waals surface area contributed by atoms with E-state index < -0.39 is 0 Å². The van der Waals surface area contributed by atoms with Gasteiger partial charge >= 0.3 is 0 Å². The highest BCUT2D eigenvalue weighted by Gasteiger charge is 2.04. The van der Waals surface area contributed by atoms with Gasteiger partial charge in [0.2, 0.25) is 0 Å². The van der Waals surface area contributed by atoms with Crippen molar-refractivity contribution in [3.05, 3.63) is 71.0 Å². The van der Waals surface area contributed by atoms with Crippen LogP contribution in [0.25, 0.3) is 5.82 Å². The van der Waals surface area contributed by atoms with E-state index in [1.165, 1.54) is 0 Å². The number of nitrogens with one attached hydrogen (secondary N) is 2. The third-order valence-corrected chi connectivity index (χ3v) is 3.87. The summed E-state index contributed by atoms with van der Waals surface area (Å²) < 4.78 is 2.83. The van der Waals surface area contributed by atoms with Crippen molar-refractivity contribution in [2.24, 2.45) is 0 Å². The van der Waals surface area contributed by atoms with Gasteiger partial charge in [0.05, 0.1) is 0 Å². The van der Waals surface area contributed by atoms with Crippen molar-refractivity contribution >= 4 is 27.7 Å². The van der Waals surface area contributed by atoms with Crippen molar-refractivity contribution in [2.45, 2.75) is 0 Å². The third kappa shape index (κ3) is 4.20. The molecule has 2 N–H and O–H groups in total. The average Bonchev–Trinajstić information content (AvgIpc) is 3.14. The van der Waals surface area contributed by atoms with Gasteiger partial charge in [-0.15, -0.1) is 10.2 Å². The maximum absolute atomic E-state index is 12.0. The van der Waals surface area contributed by atoms with Crippen LogP contribution < -0.4 is 10.6 Å². The number of benzene rings is 1. The minimum absolute atomic E-state index is 0.0988. The van der Waals surface area contributed by atoms with E-state index in [1.54, 1.807) is 12.1 Å². The van der Waals surface area contributed by atoms with Gasteiger partial charge in [-0.1, -0.05) is 15.9 Å². The van der Waals surface area contributed by atoms with Gasteiger partial charge in [0.1, 0.15) is 5.82 Å². The molecular weight excluding hydrogens is 370 g/mol. The molecule has 0 atom stereocenters. The molecule has 0 unspecified atom stereocenters. The van der Waals surface area contributed by atoms with Crippen LogP contribution in [0.1, 0.15) is 10.4 Å². The number of carbonyl (C=O) groups excluding carboxylic acids is 1. The van der Waals surface area contributed by atoms with Crippen LogP contribution in [0.15, 0.2) is 65.4 Å². The van der Waals surface area contributed by atoms with Gasteiger partial charge in [0.25, 0.3) is 5.91 Å². The summed E-state index contributed by atoms with van der Waals surface area (Å²) in [5.41, 5.74) is 0.633.